The minimum Gasteiger partial charge on any atom is -0.497 e. The molecular weight excluding hydrogens is 507 g/mol. The lowest BCUT2D eigenvalue weighted by Crippen LogP contribution is -2.47. The molecule has 0 saturated heterocycles. The lowest BCUT2D eigenvalue weighted by atomic mass is 9.57. The molecule has 5 nitrogen and oxygen atoms in total. The zero-order chi connectivity index (χ0) is 28.7. The predicted molar refractivity (Wildman–Crippen MR) is 153 cm³/mol. The van der Waals surface area contributed by atoms with Gasteiger partial charge in [-0.05, 0) is 95.3 Å². The first-order valence-electron chi connectivity index (χ1n) is 13.9. The van der Waals surface area contributed by atoms with Gasteiger partial charge in [0.1, 0.15) is 23.9 Å². The van der Waals surface area contributed by atoms with Gasteiger partial charge in [0.15, 0.2) is 0 Å². The van der Waals surface area contributed by atoms with E-state index in [0.29, 0.717) is 17.9 Å². The zero-order valence-electron chi connectivity index (χ0n) is 24.3. The molecule has 0 N–H and O–H groups in total. The molecule has 2 aliphatic rings. The van der Waals surface area contributed by atoms with Crippen molar-refractivity contribution in [3.8, 4) is 22.6 Å². The highest BCUT2D eigenvalue weighted by Crippen LogP contribution is 2.57. The molecule has 3 aromatic carbocycles. The molecule has 6 heteroatoms. The maximum Gasteiger partial charge on any atom is 0.309 e. The molecule has 0 bridgehead atoms. The van der Waals surface area contributed by atoms with E-state index in [1.54, 1.807) is 26.4 Å². The van der Waals surface area contributed by atoms with Crippen LogP contribution in [0.4, 0.5) is 4.39 Å². The first kappa shape index (κ1) is 28.2. The average molecular weight is 547 g/mol. The van der Waals surface area contributed by atoms with Crippen LogP contribution in [0.15, 0.2) is 54.6 Å². The first-order chi connectivity index (χ1) is 19.1. The summed E-state index contributed by atoms with van der Waals surface area (Å²) in [5, 5.41) is 0. The smallest absolute Gasteiger partial charge is 0.309 e. The summed E-state index contributed by atoms with van der Waals surface area (Å²) in [5.74, 6) is 0.860. The van der Waals surface area contributed by atoms with Gasteiger partial charge < -0.3 is 18.9 Å². The van der Waals surface area contributed by atoms with Gasteiger partial charge >= 0.3 is 5.97 Å². The second-order valence-electron chi connectivity index (χ2n) is 12.1. The van der Waals surface area contributed by atoms with Gasteiger partial charge in [-0.3, -0.25) is 4.79 Å². The maximum absolute atomic E-state index is 15.1. The van der Waals surface area contributed by atoms with Gasteiger partial charge in [-0.1, -0.05) is 39.0 Å². The van der Waals surface area contributed by atoms with Crippen LogP contribution in [0.3, 0.4) is 0 Å². The number of halogens is 1. The number of carbonyl (C=O) groups excluding carboxylic acids is 1. The van der Waals surface area contributed by atoms with Crippen molar-refractivity contribution in [2.75, 3.05) is 21.3 Å². The van der Waals surface area contributed by atoms with Crippen molar-refractivity contribution in [3.05, 3.63) is 82.7 Å². The van der Waals surface area contributed by atoms with Gasteiger partial charge in [-0.25, -0.2) is 4.39 Å². The number of benzene rings is 3. The Labute approximate surface area is 236 Å². The number of aryl methyl sites for hydroxylation is 1. The zero-order valence-corrected chi connectivity index (χ0v) is 24.3. The third-order valence-electron chi connectivity index (χ3n) is 8.78. The Kier molecular flexibility index (Phi) is 7.66. The molecule has 0 radical (unpaired) electrons. The highest BCUT2D eigenvalue weighted by Gasteiger charge is 2.55. The molecule has 2 aliphatic carbocycles. The van der Waals surface area contributed by atoms with Crippen LogP contribution in [-0.4, -0.2) is 27.3 Å². The van der Waals surface area contributed by atoms with Crippen LogP contribution in [0.25, 0.3) is 11.1 Å². The minimum absolute atomic E-state index is 0.0792. The number of ether oxygens (including phenoxy) is 4. The van der Waals surface area contributed by atoms with Gasteiger partial charge in [0, 0.05) is 18.1 Å². The fourth-order valence-corrected chi connectivity index (χ4v) is 6.68. The number of fused-ring (bicyclic) bond motifs is 2. The van der Waals surface area contributed by atoms with Crippen molar-refractivity contribution in [1.29, 1.82) is 0 Å². The van der Waals surface area contributed by atoms with E-state index in [2.05, 4.69) is 39.0 Å². The fraction of sp³-hybridized carbons (Fsp3) is 0.441. The fourth-order valence-electron chi connectivity index (χ4n) is 6.68. The van der Waals surface area contributed by atoms with E-state index in [9.17, 15) is 4.79 Å². The van der Waals surface area contributed by atoms with Crippen LogP contribution in [-0.2, 0) is 32.7 Å². The third-order valence-corrected chi connectivity index (χ3v) is 8.78. The van der Waals surface area contributed by atoms with Crippen LogP contribution in [0.1, 0.15) is 68.4 Å². The van der Waals surface area contributed by atoms with E-state index < -0.39 is 0 Å². The molecule has 0 aromatic heterocycles. The van der Waals surface area contributed by atoms with E-state index in [-0.39, 0.29) is 34.6 Å². The predicted octanol–water partition coefficient (Wildman–Crippen LogP) is 7.58. The molecule has 0 heterocycles. The lowest BCUT2D eigenvalue weighted by molar-refractivity contribution is -0.153. The molecule has 0 amide bonds. The Hall–Kier alpha value is -3.38. The van der Waals surface area contributed by atoms with E-state index in [1.165, 1.54) is 24.3 Å². The van der Waals surface area contributed by atoms with E-state index in [4.69, 9.17) is 18.9 Å². The van der Waals surface area contributed by atoms with Crippen molar-refractivity contribution < 1.29 is 28.1 Å². The van der Waals surface area contributed by atoms with Gasteiger partial charge in [-0.2, -0.15) is 0 Å². The average Bonchev–Trinajstić information content (AvgIpc) is 3.32. The van der Waals surface area contributed by atoms with Crippen molar-refractivity contribution in [3.63, 3.8) is 0 Å². The Morgan fingerprint density at radius 1 is 0.975 bits per heavy atom. The van der Waals surface area contributed by atoms with Crippen molar-refractivity contribution >= 4 is 5.97 Å². The second kappa shape index (κ2) is 10.9. The maximum atomic E-state index is 15.1. The molecule has 1 spiro atoms. The SMILES string of the molecule is COC(=O)[C@H]1CC[C@]12CCc1ccc(OCc3ccc(-c4cc(OC)ccc4F)c([C@@H](OC)C(C)(C)C)c3)cc12. The Bertz CT molecular complexity index is 1410. The first-order valence-corrected chi connectivity index (χ1v) is 13.9. The highest BCUT2D eigenvalue weighted by atomic mass is 19.1. The van der Waals surface area contributed by atoms with Gasteiger partial charge in [0.05, 0.1) is 26.2 Å². The minimum atomic E-state index is -0.317. The van der Waals surface area contributed by atoms with Crippen LogP contribution in [0.5, 0.6) is 11.5 Å². The van der Waals surface area contributed by atoms with Crippen molar-refractivity contribution in [2.45, 2.75) is 64.6 Å². The van der Waals surface area contributed by atoms with Crippen LogP contribution in [0.2, 0.25) is 0 Å². The second-order valence-corrected chi connectivity index (χ2v) is 12.1. The largest absolute Gasteiger partial charge is 0.497 e. The molecule has 1 saturated carbocycles. The lowest BCUT2D eigenvalue weighted by Gasteiger charge is -2.46. The topological polar surface area (TPSA) is 54.0 Å². The third kappa shape index (κ3) is 4.98. The summed E-state index contributed by atoms with van der Waals surface area (Å²) in [6.07, 6.45) is 3.54. The van der Waals surface area contributed by atoms with Crippen LogP contribution in [0, 0.1) is 17.2 Å². The molecule has 3 aromatic rings. The molecule has 5 rings (SSSR count). The van der Waals surface area contributed by atoms with E-state index >= 15 is 4.39 Å². The van der Waals surface area contributed by atoms with Gasteiger partial charge in [0.25, 0.3) is 0 Å². The standard InChI is InChI=1S/C34H39FO5/c1-33(2,3)31(38-5)27-17-21(7-11-25(27)26-18-23(37-4)10-12-30(26)35)20-40-24-9-8-22-13-15-34(29(22)19-24)16-14-28(34)32(36)39-6/h7-12,17-19,28,31H,13-16,20H2,1-6H3/t28-,31-,34-/m1/s1. The van der Waals surface area contributed by atoms with Crippen LogP contribution < -0.4 is 9.47 Å². The summed E-state index contributed by atoms with van der Waals surface area (Å²) >= 11 is 0. The van der Waals surface area contributed by atoms with Crippen LogP contribution >= 0.6 is 0 Å². The number of hydrogen-bond acceptors (Lipinski definition) is 5. The summed E-state index contributed by atoms with van der Waals surface area (Å²) in [4.78, 5) is 12.4. The summed E-state index contributed by atoms with van der Waals surface area (Å²) in [7, 11) is 4.74. The molecular formula is C34H39FO5. The molecule has 212 valence electrons. The Morgan fingerprint density at radius 2 is 1.75 bits per heavy atom. The molecule has 0 aliphatic heterocycles. The quantitative estimate of drug-likeness (QED) is 0.273. The Morgan fingerprint density at radius 3 is 2.40 bits per heavy atom. The van der Waals surface area contributed by atoms with Gasteiger partial charge in [-0.15, -0.1) is 0 Å². The summed E-state index contributed by atoms with van der Waals surface area (Å²) in [5.41, 5.74) is 5.25. The number of rotatable bonds is 8. The number of esters is 1. The van der Waals surface area contributed by atoms with Gasteiger partial charge in [0.2, 0.25) is 0 Å². The van der Waals surface area contributed by atoms with E-state index in [1.807, 2.05) is 18.2 Å². The van der Waals surface area contributed by atoms with E-state index in [0.717, 1.165) is 48.1 Å². The molecule has 40 heavy (non-hydrogen) atoms. The summed E-state index contributed by atoms with van der Waals surface area (Å²) in [6.45, 7) is 6.68. The number of carbonyl (C=O) groups is 1. The monoisotopic (exact) mass is 546 g/mol. The molecule has 1 fully saturated rings. The number of methoxy groups -OCH3 is 3. The highest BCUT2D eigenvalue weighted by molar-refractivity contribution is 5.77. The molecule has 0 unspecified atom stereocenters. The summed E-state index contributed by atoms with van der Waals surface area (Å²) in [6, 6.07) is 17.0. The molecule has 3 atom stereocenters. The van der Waals surface area contributed by atoms with Crippen molar-refractivity contribution in [2.24, 2.45) is 11.3 Å². The number of hydrogen-bond donors (Lipinski definition) is 0. The van der Waals surface area contributed by atoms with Crippen molar-refractivity contribution in [1.82, 2.24) is 0 Å². The summed E-state index contributed by atoms with van der Waals surface area (Å²) < 4.78 is 37.8. The normalized spacial score (nSPS) is 20.5. The Balaban J connectivity index is 1.45.